The molecule has 0 saturated heterocycles. The number of benzene rings is 2. The summed E-state index contributed by atoms with van der Waals surface area (Å²) in [5, 5.41) is 0. The van der Waals surface area contributed by atoms with Crippen molar-refractivity contribution in [2.45, 2.75) is 13.2 Å². The van der Waals surface area contributed by atoms with Gasteiger partial charge >= 0.3 is 11.9 Å². The van der Waals surface area contributed by atoms with E-state index < -0.39 is 17.9 Å². The molecule has 0 aliphatic carbocycles. The van der Waals surface area contributed by atoms with Crippen LogP contribution in [-0.2, 0) is 32.3 Å². The molecule has 2 rings (SSSR count). The Kier molecular flexibility index (Phi) is 7.52. The number of esters is 2. The summed E-state index contributed by atoms with van der Waals surface area (Å²) in [5.74, 6) is -2.56. The van der Waals surface area contributed by atoms with Gasteiger partial charge in [-0.2, -0.15) is 0 Å². The minimum atomic E-state index is -1.16. The van der Waals surface area contributed by atoms with Gasteiger partial charge in [0.1, 0.15) is 13.2 Å². The van der Waals surface area contributed by atoms with Crippen molar-refractivity contribution >= 4 is 24.1 Å². The number of hydrogen-bond acceptors (Lipinski definition) is 5. The third-order valence-corrected chi connectivity index (χ3v) is 3.94. The van der Waals surface area contributed by atoms with Crippen LogP contribution in [0, 0.1) is 5.92 Å². The molecule has 0 fully saturated rings. The Morgan fingerprint density at radius 1 is 0.889 bits per heavy atom. The van der Waals surface area contributed by atoms with Crippen LogP contribution in [0.15, 0.2) is 61.7 Å². The van der Waals surface area contributed by atoms with Gasteiger partial charge in [0.2, 0.25) is 0 Å². The molecule has 5 heteroatoms. The molecule has 0 atom stereocenters. The van der Waals surface area contributed by atoms with Gasteiger partial charge in [-0.3, -0.25) is 9.59 Å². The van der Waals surface area contributed by atoms with Crippen molar-refractivity contribution in [2.75, 3.05) is 6.54 Å². The van der Waals surface area contributed by atoms with Gasteiger partial charge in [0, 0.05) is 6.54 Å². The van der Waals surface area contributed by atoms with E-state index in [9.17, 15) is 9.59 Å². The van der Waals surface area contributed by atoms with Crippen LogP contribution in [-0.4, -0.2) is 18.5 Å². The van der Waals surface area contributed by atoms with E-state index in [1.54, 1.807) is 12.2 Å². The zero-order chi connectivity index (χ0) is 19.6. The van der Waals surface area contributed by atoms with Crippen LogP contribution in [0.3, 0.4) is 0 Å². The molecule has 0 spiro atoms. The van der Waals surface area contributed by atoms with Gasteiger partial charge in [0.15, 0.2) is 5.92 Å². The Morgan fingerprint density at radius 2 is 1.33 bits per heavy atom. The van der Waals surface area contributed by atoms with Crippen molar-refractivity contribution in [3.63, 3.8) is 0 Å². The molecular weight excluding hydrogens is 342 g/mol. The fourth-order valence-electron chi connectivity index (χ4n) is 2.42. The fraction of sp³-hybridized carbons (Fsp3) is 0.182. The normalized spacial score (nSPS) is 10.3. The lowest BCUT2D eigenvalue weighted by Gasteiger charge is -2.14. The van der Waals surface area contributed by atoms with Crippen molar-refractivity contribution in [3.8, 4) is 0 Å². The summed E-state index contributed by atoms with van der Waals surface area (Å²) in [6, 6.07) is 14.8. The molecular formula is C22H23NO4. The zero-order valence-electron chi connectivity index (χ0n) is 15.1. The summed E-state index contributed by atoms with van der Waals surface area (Å²) in [4.78, 5) is 24.4. The number of carbonyl (C=O) groups excluding carboxylic acids is 2. The van der Waals surface area contributed by atoms with E-state index >= 15 is 0 Å². The molecule has 5 nitrogen and oxygen atoms in total. The van der Waals surface area contributed by atoms with Crippen molar-refractivity contribution < 1.29 is 19.1 Å². The number of hydrogen-bond donors (Lipinski definition) is 1. The molecule has 0 aliphatic heterocycles. The largest absolute Gasteiger partial charge is 0.460 e. The Morgan fingerprint density at radius 3 is 1.70 bits per heavy atom. The van der Waals surface area contributed by atoms with Crippen LogP contribution < -0.4 is 5.73 Å². The highest BCUT2D eigenvalue weighted by molar-refractivity contribution is 5.95. The van der Waals surface area contributed by atoms with E-state index in [2.05, 4.69) is 13.2 Å². The minimum Gasteiger partial charge on any atom is -0.460 e. The third-order valence-electron chi connectivity index (χ3n) is 3.94. The van der Waals surface area contributed by atoms with Crippen LogP contribution in [0.4, 0.5) is 0 Å². The summed E-state index contributed by atoms with van der Waals surface area (Å²) in [7, 11) is 0. The second-order valence-electron chi connectivity index (χ2n) is 5.90. The molecule has 0 aliphatic rings. The summed E-state index contributed by atoms with van der Waals surface area (Å²) in [6.45, 7) is 7.31. The lowest BCUT2D eigenvalue weighted by atomic mass is 10.1. The van der Waals surface area contributed by atoms with Crippen LogP contribution in [0.1, 0.15) is 22.3 Å². The minimum absolute atomic E-state index is 0.0473. The molecule has 0 aromatic heterocycles. The van der Waals surface area contributed by atoms with Gasteiger partial charge in [-0.15, -0.1) is 0 Å². The average molecular weight is 365 g/mol. The molecule has 0 heterocycles. The van der Waals surface area contributed by atoms with Gasteiger partial charge in [-0.05, 0) is 34.4 Å². The van der Waals surface area contributed by atoms with Gasteiger partial charge in [-0.1, -0.05) is 61.7 Å². The number of carbonyl (C=O) groups is 2. The lowest BCUT2D eigenvalue weighted by Crippen LogP contribution is -2.34. The van der Waals surface area contributed by atoms with Gasteiger partial charge < -0.3 is 15.2 Å². The van der Waals surface area contributed by atoms with Crippen molar-refractivity contribution in [1.29, 1.82) is 0 Å². The fourth-order valence-corrected chi connectivity index (χ4v) is 2.42. The molecule has 0 radical (unpaired) electrons. The van der Waals surface area contributed by atoms with Gasteiger partial charge in [0.05, 0.1) is 0 Å². The Hall–Kier alpha value is -3.18. The zero-order valence-corrected chi connectivity index (χ0v) is 15.1. The molecule has 0 bridgehead atoms. The average Bonchev–Trinajstić information content (AvgIpc) is 2.71. The lowest BCUT2D eigenvalue weighted by molar-refractivity contribution is -0.163. The maximum Gasteiger partial charge on any atom is 0.321 e. The quantitative estimate of drug-likeness (QED) is 0.545. The van der Waals surface area contributed by atoms with Crippen LogP contribution in [0.5, 0.6) is 0 Å². The molecule has 2 aromatic carbocycles. The van der Waals surface area contributed by atoms with E-state index in [1.807, 2.05) is 48.5 Å². The summed E-state index contributed by atoms with van der Waals surface area (Å²) in [5.41, 5.74) is 9.00. The molecule has 27 heavy (non-hydrogen) atoms. The summed E-state index contributed by atoms with van der Waals surface area (Å²) >= 11 is 0. The first-order valence-electron chi connectivity index (χ1n) is 8.53. The molecule has 140 valence electrons. The first-order valence-corrected chi connectivity index (χ1v) is 8.53. The highest BCUT2D eigenvalue weighted by atomic mass is 16.6. The molecule has 2 N–H and O–H groups in total. The van der Waals surface area contributed by atoms with Gasteiger partial charge in [0.25, 0.3) is 0 Å². The third kappa shape index (κ3) is 5.94. The molecule has 0 amide bonds. The SMILES string of the molecule is C=Cc1cccc(COC(=O)C(CN)C(=O)OCc2cccc(C=C)c2)c1. The maximum atomic E-state index is 12.2. The second kappa shape index (κ2) is 10.1. The highest BCUT2D eigenvalue weighted by Gasteiger charge is 2.28. The van der Waals surface area contributed by atoms with E-state index in [4.69, 9.17) is 15.2 Å². The molecule has 0 saturated carbocycles. The van der Waals surface area contributed by atoms with Crippen LogP contribution in [0.25, 0.3) is 12.2 Å². The highest BCUT2D eigenvalue weighted by Crippen LogP contribution is 2.12. The van der Waals surface area contributed by atoms with Crippen LogP contribution >= 0.6 is 0 Å². The van der Waals surface area contributed by atoms with E-state index in [-0.39, 0.29) is 19.8 Å². The first-order chi connectivity index (χ1) is 13.1. The molecule has 0 unspecified atom stereocenters. The topological polar surface area (TPSA) is 78.6 Å². The van der Waals surface area contributed by atoms with Crippen molar-refractivity contribution in [1.82, 2.24) is 0 Å². The Bertz CT molecular complexity index is 761. The molecule has 2 aromatic rings. The van der Waals surface area contributed by atoms with Crippen LogP contribution in [0.2, 0.25) is 0 Å². The van der Waals surface area contributed by atoms with Crippen molar-refractivity contribution in [3.05, 3.63) is 83.9 Å². The number of nitrogens with two attached hydrogens (primary N) is 1. The standard InChI is InChI=1S/C22H23NO4/c1-3-16-7-5-9-18(11-16)14-26-21(24)20(13-23)22(25)27-15-19-10-6-8-17(4-2)12-19/h3-12,20H,1-2,13-15,23H2. The van der Waals surface area contributed by atoms with E-state index in [0.717, 1.165) is 22.3 Å². The smallest absolute Gasteiger partial charge is 0.321 e. The second-order valence-corrected chi connectivity index (χ2v) is 5.90. The summed E-state index contributed by atoms with van der Waals surface area (Å²) in [6.07, 6.45) is 3.40. The first kappa shape index (κ1) is 20.1. The number of ether oxygens (including phenoxy) is 2. The van der Waals surface area contributed by atoms with Crippen molar-refractivity contribution in [2.24, 2.45) is 11.7 Å². The Labute approximate surface area is 159 Å². The predicted octanol–water partition coefficient (Wildman–Crippen LogP) is 3.33. The van der Waals surface area contributed by atoms with E-state index in [1.165, 1.54) is 0 Å². The maximum absolute atomic E-state index is 12.2. The van der Waals surface area contributed by atoms with Gasteiger partial charge in [-0.25, -0.2) is 0 Å². The Balaban J connectivity index is 1.91. The van der Waals surface area contributed by atoms with E-state index in [0.29, 0.717) is 0 Å². The number of rotatable bonds is 9. The summed E-state index contributed by atoms with van der Waals surface area (Å²) < 4.78 is 10.4. The predicted molar refractivity (Wildman–Crippen MR) is 105 cm³/mol. The monoisotopic (exact) mass is 365 g/mol.